The molecule has 0 saturated carbocycles. The number of ether oxygens (including phenoxy) is 1. The molecule has 0 fully saturated rings. The van der Waals surface area contributed by atoms with Gasteiger partial charge in [0.15, 0.2) is 0 Å². The van der Waals surface area contributed by atoms with E-state index in [9.17, 15) is 9.90 Å². The molecule has 0 radical (unpaired) electrons. The Bertz CT molecular complexity index is 732. The van der Waals surface area contributed by atoms with Crippen molar-refractivity contribution in [2.75, 3.05) is 6.61 Å². The first-order valence-corrected chi connectivity index (χ1v) is 7.77. The molecular formula is C19H23NO3. The van der Waals surface area contributed by atoms with Gasteiger partial charge >= 0.3 is 5.97 Å². The number of hydrogen-bond acceptors (Lipinski definition) is 4. The highest BCUT2D eigenvalue weighted by atomic mass is 16.5. The minimum Gasteiger partial charge on any atom is -0.465 e. The van der Waals surface area contributed by atoms with Crippen molar-refractivity contribution < 1.29 is 14.6 Å². The summed E-state index contributed by atoms with van der Waals surface area (Å²) in [5, 5.41) is 11.7. The van der Waals surface area contributed by atoms with Crippen molar-refractivity contribution in [3.63, 3.8) is 0 Å². The molecule has 0 aliphatic carbocycles. The lowest BCUT2D eigenvalue weighted by atomic mass is 9.93. The van der Waals surface area contributed by atoms with Gasteiger partial charge in [-0.2, -0.15) is 0 Å². The fraction of sp³-hybridized carbons (Fsp3) is 0.368. The van der Waals surface area contributed by atoms with E-state index < -0.39 is 11.5 Å². The number of fused-ring (bicyclic) bond motifs is 1. The summed E-state index contributed by atoms with van der Waals surface area (Å²) in [4.78, 5) is 16.3. The zero-order chi connectivity index (χ0) is 17.0. The second kappa shape index (κ2) is 6.92. The van der Waals surface area contributed by atoms with E-state index in [2.05, 4.69) is 4.98 Å². The Hall–Kier alpha value is -2.20. The van der Waals surface area contributed by atoms with Crippen LogP contribution in [-0.2, 0) is 9.53 Å². The highest BCUT2D eigenvalue weighted by Crippen LogP contribution is 2.23. The van der Waals surface area contributed by atoms with Crippen molar-refractivity contribution in [3.05, 3.63) is 47.8 Å². The molecule has 1 heterocycles. The molecule has 1 N–H and O–H groups in total. The number of rotatable bonds is 5. The molecule has 0 unspecified atom stereocenters. The fourth-order valence-electron chi connectivity index (χ4n) is 2.21. The molecule has 1 atom stereocenters. The molecule has 0 spiro atoms. The molecule has 4 heteroatoms. The smallest absolute Gasteiger partial charge is 0.315 e. The summed E-state index contributed by atoms with van der Waals surface area (Å²) in [6, 6.07) is 7.74. The predicted molar refractivity (Wildman–Crippen MR) is 91.8 cm³/mol. The number of aliphatic hydroxyl groups is 1. The van der Waals surface area contributed by atoms with E-state index in [1.807, 2.05) is 44.2 Å². The minimum atomic E-state index is -0.700. The molecule has 122 valence electrons. The first kappa shape index (κ1) is 17.2. The number of carbonyl (C=O) groups is 1. The van der Waals surface area contributed by atoms with Crippen LogP contribution in [0, 0.1) is 5.41 Å². The van der Waals surface area contributed by atoms with Gasteiger partial charge in [-0.15, -0.1) is 0 Å². The molecule has 23 heavy (non-hydrogen) atoms. The van der Waals surface area contributed by atoms with Crippen LogP contribution >= 0.6 is 0 Å². The second-order valence-corrected chi connectivity index (χ2v) is 6.17. The Morgan fingerprint density at radius 1 is 1.35 bits per heavy atom. The van der Waals surface area contributed by atoms with Crippen molar-refractivity contribution in [1.29, 1.82) is 0 Å². The van der Waals surface area contributed by atoms with E-state index in [0.717, 1.165) is 22.0 Å². The highest BCUT2D eigenvalue weighted by Gasteiger charge is 2.25. The zero-order valence-electron chi connectivity index (χ0n) is 14.0. The number of aliphatic hydroxyl groups excluding tert-OH is 1. The Morgan fingerprint density at radius 3 is 2.74 bits per heavy atom. The summed E-state index contributed by atoms with van der Waals surface area (Å²) >= 11 is 0. The molecule has 1 aromatic heterocycles. The van der Waals surface area contributed by atoms with Crippen LogP contribution in [0.15, 0.2) is 36.5 Å². The number of benzene rings is 1. The maximum absolute atomic E-state index is 11.9. The summed E-state index contributed by atoms with van der Waals surface area (Å²) in [7, 11) is 0. The number of nitrogens with zero attached hydrogens (tertiary/aromatic N) is 1. The quantitative estimate of drug-likeness (QED) is 0.851. The van der Waals surface area contributed by atoms with E-state index in [1.165, 1.54) is 0 Å². The number of hydrogen-bond donors (Lipinski definition) is 1. The topological polar surface area (TPSA) is 59.4 Å². The van der Waals surface area contributed by atoms with E-state index >= 15 is 0 Å². The maximum atomic E-state index is 11.9. The molecule has 0 amide bonds. The minimum absolute atomic E-state index is 0.256. The molecule has 0 aliphatic rings. The first-order valence-electron chi connectivity index (χ1n) is 7.77. The van der Waals surface area contributed by atoms with Gasteiger partial charge < -0.3 is 9.84 Å². The maximum Gasteiger partial charge on any atom is 0.315 e. The van der Waals surface area contributed by atoms with Crippen LogP contribution in [0.25, 0.3) is 16.8 Å². The first-order chi connectivity index (χ1) is 10.8. The van der Waals surface area contributed by atoms with E-state index in [0.29, 0.717) is 6.61 Å². The average Bonchev–Trinajstić information content (AvgIpc) is 2.52. The van der Waals surface area contributed by atoms with Gasteiger partial charge in [0.05, 0.1) is 23.8 Å². The third kappa shape index (κ3) is 4.17. The van der Waals surface area contributed by atoms with E-state index in [-0.39, 0.29) is 5.97 Å². The molecule has 0 aliphatic heterocycles. The monoisotopic (exact) mass is 313 g/mol. The van der Waals surface area contributed by atoms with Crippen LogP contribution in [0.4, 0.5) is 0 Å². The van der Waals surface area contributed by atoms with Gasteiger partial charge in [0.2, 0.25) is 0 Å². The van der Waals surface area contributed by atoms with Crippen molar-refractivity contribution in [2.24, 2.45) is 5.41 Å². The van der Waals surface area contributed by atoms with Gasteiger partial charge in [-0.3, -0.25) is 9.78 Å². The lowest BCUT2D eigenvalue weighted by molar-refractivity contribution is -0.150. The predicted octanol–water partition coefficient (Wildman–Crippen LogP) is 3.89. The number of aromatic nitrogens is 1. The average molecular weight is 313 g/mol. The number of pyridine rings is 1. The molecule has 2 aromatic rings. The van der Waals surface area contributed by atoms with Crippen molar-refractivity contribution >= 4 is 22.8 Å². The van der Waals surface area contributed by atoms with Crippen LogP contribution < -0.4 is 0 Å². The Morgan fingerprint density at radius 2 is 2.09 bits per heavy atom. The summed E-state index contributed by atoms with van der Waals surface area (Å²) in [5.74, 6) is -0.256. The van der Waals surface area contributed by atoms with Crippen LogP contribution in [-0.4, -0.2) is 22.7 Å². The van der Waals surface area contributed by atoms with Gasteiger partial charge in [-0.05, 0) is 56.9 Å². The van der Waals surface area contributed by atoms with Crippen LogP contribution in [0.2, 0.25) is 0 Å². The van der Waals surface area contributed by atoms with Gasteiger partial charge in [-0.1, -0.05) is 18.2 Å². The lowest BCUT2D eigenvalue weighted by Gasteiger charge is -2.17. The number of esters is 1. The Balaban J connectivity index is 2.29. The molecule has 0 bridgehead atoms. The SMILES string of the molecule is CCOC(=O)C(C)(C)/C=C/c1cc2cc([C@@H](C)O)ccc2cn1. The van der Waals surface area contributed by atoms with E-state index in [1.54, 1.807) is 26.1 Å². The van der Waals surface area contributed by atoms with Crippen LogP contribution in [0.5, 0.6) is 0 Å². The molecule has 2 rings (SSSR count). The third-order valence-corrected chi connectivity index (χ3v) is 3.72. The van der Waals surface area contributed by atoms with Crippen molar-refractivity contribution in [3.8, 4) is 0 Å². The molecule has 1 aromatic carbocycles. The van der Waals surface area contributed by atoms with Gasteiger partial charge in [-0.25, -0.2) is 0 Å². The largest absolute Gasteiger partial charge is 0.465 e. The van der Waals surface area contributed by atoms with Crippen LogP contribution in [0.1, 0.15) is 45.1 Å². The second-order valence-electron chi connectivity index (χ2n) is 6.17. The van der Waals surface area contributed by atoms with Crippen molar-refractivity contribution in [1.82, 2.24) is 4.98 Å². The van der Waals surface area contributed by atoms with Crippen LogP contribution in [0.3, 0.4) is 0 Å². The van der Waals surface area contributed by atoms with Gasteiger partial charge in [0, 0.05) is 11.6 Å². The third-order valence-electron chi connectivity index (χ3n) is 3.72. The fourth-order valence-corrected chi connectivity index (χ4v) is 2.21. The zero-order valence-corrected chi connectivity index (χ0v) is 14.0. The highest BCUT2D eigenvalue weighted by molar-refractivity contribution is 5.84. The molecule has 0 saturated heterocycles. The lowest BCUT2D eigenvalue weighted by Crippen LogP contribution is -2.24. The molecular weight excluding hydrogens is 290 g/mol. The standard InChI is InChI=1S/C19H23NO3/c1-5-23-18(22)19(3,4)9-8-17-11-16-10-14(13(2)21)6-7-15(16)12-20-17/h6-13,21H,5H2,1-4H3/b9-8+/t13-/m1/s1. The van der Waals surface area contributed by atoms with Crippen molar-refractivity contribution in [2.45, 2.75) is 33.8 Å². The summed E-state index contributed by atoms with van der Waals surface area (Å²) in [5.41, 5.74) is 0.928. The van der Waals surface area contributed by atoms with Gasteiger partial charge in [0.1, 0.15) is 0 Å². The summed E-state index contributed by atoms with van der Waals surface area (Å²) < 4.78 is 5.07. The van der Waals surface area contributed by atoms with E-state index in [4.69, 9.17) is 4.74 Å². The van der Waals surface area contributed by atoms with Gasteiger partial charge in [0.25, 0.3) is 0 Å². The normalized spacial score (nSPS) is 13.4. The molecule has 4 nitrogen and oxygen atoms in total. The summed E-state index contributed by atoms with van der Waals surface area (Å²) in [6.45, 7) is 7.53. The number of carbonyl (C=O) groups excluding carboxylic acids is 1. The summed E-state index contributed by atoms with van der Waals surface area (Å²) in [6.07, 6.45) is 4.91. The Kier molecular flexibility index (Phi) is 5.16. The Labute approximate surface area is 136 Å².